The molecule has 1 saturated carbocycles. The molecule has 2 aromatic rings. The summed E-state index contributed by atoms with van der Waals surface area (Å²) in [6.45, 7) is 2.13. The average molecular weight is 256 g/mol. The minimum Gasteiger partial charge on any atom is -0.324 e. The number of fused-ring (bicyclic) bond motifs is 1. The summed E-state index contributed by atoms with van der Waals surface area (Å²) < 4.78 is 0. The van der Waals surface area contributed by atoms with Gasteiger partial charge in [0.1, 0.15) is 5.84 Å². The third kappa shape index (κ3) is 2.78. The number of aliphatic imine (C=N–C) groups is 1. The van der Waals surface area contributed by atoms with E-state index in [0.717, 1.165) is 29.2 Å². The van der Waals surface area contributed by atoms with E-state index in [1.165, 1.54) is 25.7 Å². The lowest BCUT2D eigenvalue weighted by molar-refractivity contribution is 0.704. The van der Waals surface area contributed by atoms with E-state index in [2.05, 4.69) is 22.2 Å². The molecule has 0 spiro atoms. The van der Waals surface area contributed by atoms with Gasteiger partial charge in [-0.3, -0.25) is 4.99 Å². The molecular formula is C15H20N4. The zero-order valence-corrected chi connectivity index (χ0v) is 11.3. The summed E-state index contributed by atoms with van der Waals surface area (Å²) in [7, 11) is 0. The number of anilines is 1. The number of hydrogen-bond acceptors (Lipinski definition) is 2. The Kier molecular flexibility index (Phi) is 3.49. The van der Waals surface area contributed by atoms with E-state index in [0.29, 0.717) is 6.04 Å². The summed E-state index contributed by atoms with van der Waals surface area (Å²) in [4.78, 5) is 12.6. The molecule has 1 aliphatic rings. The number of nitrogens with one attached hydrogen (secondary N) is 2. The lowest BCUT2D eigenvalue weighted by Crippen LogP contribution is -2.15. The molecule has 100 valence electrons. The van der Waals surface area contributed by atoms with Crippen molar-refractivity contribution in [2.24, 2.45) is 4.99 Å². The highest BCUT2D eigenvalue weighted by Crippen LogP contribution is 2.21. The molecule has 1 aromatic heterocycles. The monoisotopic (exact) mass is 256 g/mol. The van der Waals surface area contributed by atoms with Gasteiger partial charge in [-0.1, -0.05) is 31.9 Å². The SMILES string of the molecule is CCC(=NC1CCCC1)Nc1nc2ccccc2[nH]1. The zero-order chi connectivity index (χ0) is 13.1. The van der Waals surface area contributed by atoms with Crippen LogP contribution in [-0.4, -0.2) is 21.8 Å². The molecule has 0 unspecified atom stereocenters. The minimum atomic E-state index is 0.506. The predicted molar refractivity (Wildman–Crippen MR) is 79.7 cm³/mol. The van der Waals surface area contributed by atoms with Crippen LogP contribution in [0.5, 0.6) is 0 Å². The molecule has 0 bridgehead atoms. The van der Waals surface area contributed by atoms with Gasteiger partial charge in [0.05, 0.1) is 17.1 Å². The molecule has 4 nitrogen and oxygen atoms in total. The highest BCUT2D eigenvalue weighted by molar-refractivity contribution is 5.95. The Morgan fingerprint density at radius 1 is 1.37 bits per heavy atom. The van der Waals surface area contributed by atoms with Gasteiger partial charge in [-0.15, -0.1) is 0 Å². The van der Waals surface area contributed by atoms with E-state index in [1.807, 2.05) is 24.3 Å². The molecule has 0 aliphatic heterocycles. The van der Waals surface area contributed by atoms with Crippen molar-refractivity contribution in [1.82, 2.24) is 9.97 Å². The van der Waals surface area contributed by atoms with Crippen LogP contribution < -0.4 is 5.32 Å². The zero-order valence-electron chi connectivity index (χ0n) is 11.3. The molecule has 1 aromatic carbocycles. The van der Waals surface area contributed by atoms with Gasteiger partial charge in [0.2, 0.25) is 5.95 Å². The number of para-hydroxylation sites is 2. The van der Waals surface area contributed by atoms with Crippen molar-refractivity contribution in [3.05, 3.63) is 24.3 Å². The first-order valence-corrected chi connectivity index (χ1v) is 7.13. The van der Waals surface area contributed by atoms with Gasteiger partial charge in [0.15, 0.2) is 0 Å². The normalized spacial score (nSPS) is 17.2. The van der Waals surface area contributed by atoms with E-state index < -0.39 is 0 Å². The van der Waals surface area contributed by atoms with Gasteiger partial charge < -0.3 is 10.3 Å². The summed E-state index contributed by atoms with van der Waals surface area (Å²) in [5.41, 5.74) is 2.04. The minimum absolute atomic E-state index is 0.506. The van der Waals surface area contributed by atoms with Crippen LogP contribution in [0.3, 0.4) is 0 Å². The molecule has 1 heterocycles. The summed E-state index contributed by atoms with van der Waals surface area (Å²) in [5.74, 6) is 1.82. The van der Waals surface area contributed by atoms with Gasteiger partial charge >= 0.3 is 0 Å². The van der Waals surface area contributed by atoms with Crippen LogP contribution in [0, 0.1) is 0 Å². The van der Waals surface area contributed by atoms with E-state index in [9.17, 15) is 0 Å². The maximum absolute atomic E-state index is 4.81. The van der Waals surface area contributed by atoms with Crippen LogP contribution in [0.25, 0.3) is 11.0 Å². The molecule has 2 N–H and O–H groups in total. The van der Waals surface area contributed by atoms with Gasteiger partial charge in [-0.2, -0.15) is 0 Å². The molecule has 1 aliphatic carbocycles. The maximum Gasteiger partial charge on any atom is 0.206 e. The third-order valence-corrected chi connectivity index (χ3v) is 3.65. The van der Waals surface area contributed by atoms with Crippen LogP contribution >= 0.6 is 0 Å². The molecule has 0 radical (unpaired) electrons. The Labute approximate surface area is 113 Å². The van der Waals surface area contributed by atoms with Crippen LogP contribution in [0.4, 0.5) is 5.95 Å². The first kappa shape index (κ1) is 12.2. The van der Waals surface area contributed by atoms with Crippen molar-refractivity contribution in [1.29, 1.82) is 0 Å². The largest absolute Gasteiger partial charge is 0.324 e. The van der Waals surface area contributed by atoms with Crippen molar-refractivity contribution in [3.8, 4) is 0 Å². The van der Waals surface area contributed by atoms with Crippen molar-refractivity contribution in [2.45, 2.75) is 45.1 Å². The first-order chi connectivity index (χ1) is 9.35. The Hall–Kier alpha value is -1.84. The Balaban J connectivity index is 1.77. The number of H-pyrrole nitrogens is 1. The second-order valence-corrected chi connectivity index (χ2v) is 5.10. The van der Waals surface area contributed by atoms with E-state index in [-0.39, 0.29) is 0 Å². The lowest BCUT2D eigenvalue weighted by atomic mass is 10.2. The van der Waals surface area contributed by atoms with Crippen LogP contribution in [0.2, 0.25) is 0 Å². The van der Waals surface area contributed by atoms with E-state index in [4.69, 9.17) is 4.99 Å². The van der Waals surface area contributed by atoms with Crippen molar-refractivity contribution in [3.63, 3.8) is 0 Å². The summed E-state index contributed by atoms with van der Waals surface area (Å²) in [6.07, 6.45) is 6.00. The highest BCUT2D eigenvalue weighted by Gasteiger charge is 2.14. The summed E-state index contributed by atoms with van der Waals surface area (Å²) in [5, 5.41) is 3.33. The number of rotatable bonds is 3. The Morgan fingerprint density at radius 2 is 2.16 bits per heavy atom. The second-order valence-electron chi connectivity index (χ2n) is 5.10. The van der Waals surface area contributed by atoms with Crippen molar-refractivity contribution >= 4 is 22.8 Å². The third-order valence-electron chi connectivity index (χ3n) is 3.65. The fraction of sp³-hybridized carbons (Fsp3) is 0.467. The number of aromatic amines is 1. The van der Waals surface area contributed by atoms with Crippen LogP contribution in [-0.2, 0) is 0 Å². The molecule has 1 fully saturated rings. The lowest BCUT2D eigenvalue weighted by Gasteiger charge is -2.08. The van der Waals surface area contributed by atoms with E-state index in [1.54, 1.807) is 0 Å². The van der Waals surface area contributed by atoms with Gasteiger partial charge in [-0.05, 0) is 25.0 Å². The summed E-state index contributed by atoms with van der Waals surface area (Å²) in [6, 6.07) is 8.56. The molecule has 3 rings (SSSR count). The highest BCUT2D eigenvalue weighted by atomic mass is 15.2. The molecule has 19 heavy (non-hydrogen) atoms. The number of benzene rings is 1. The summed E-state index contributed by atoms with van der Waals surface area (Å²) >= 11 is 0. The maximum atomic E-state index is 4.81. The molecule has 4 heteroatoms. The molecular weight excluding hydrogens is 236 g/mol. The van der Waals surface area contributed by atoms with Crippen molar-refractivity contribution in [2.75, 3.05) is 5.32 Å². The topological polar surface area (TPSA) is 53.1 Å². The Morgan fingerprint density at radius 3 is 2.89 bits per heavy atom. The van der Waals surface area contributed by atoms with Crippen molar-refractivity contribution < 1.29 is 0 Å². The Bertz CT molecular complexity index is 546. The fourth-order valence-corrected chi connectivity index (χ4v) is 2.61. The molecule has 0 atom stereocenters. The van der Waals surface area contributed by atoms with Gasteiger partial charge in [-0.25, -0.2) is 4.98 Å². The first-order valence-electron chi connectivity index (χ1n) is 7.13. The number of nitrogens with zero attached hydrogens (tertiary/aromatic N) is 2. The average Bonchev–Trinajstić information content (AvgIpc) is 3.06. The number of imidazole rings is 1. The molecule has 0 saturated heterocycles. The van der Waals surface area contributed by atoms with Crippen LogP contribution in [0.15, 0.2) is 29.3 Å². The molecule has 0 amide bonds. The smallest absolute Gasteiger partial charge is 0.206 e. The van der Waals surface area contributed by atoms with Gasteiger partial charge in [0, 0.05) is 6.42 Å². The van der Waals surface area contributed by atoms with Crippen LogP contribution in [0.1, 0.15) is 39.0 Å². The quantitative estimate of drug-likeness (QED) is 0.649. The number of hydrogen-bond donors (Lipinski definition) is 2. The predicted octanol–water partition coefficient (Wildman–Crippen LogP) is 3.73. The number of amidine groups is 1. The second kappa shape index (κ2) is 5.43. The van der Waals surface area contributed by atoms with E-state index >= 15 is 0 Å². The fourth-order valence-electron chi connectivity index (χ4n) is 2.61. The van der Waals surface area contributed by atoms with Gasteiger partial charge in [0.25, 0.3) is 0 Å². The standard InChI is InChI=1S/C15H20N4/c1-2-14(16-11-7-3-4-8-11)19-15-17-12-9-5-6-10-13(12)18-15/h5-6,9-11H,2-4,7-8H2,1H3,(H2,16,17,18,19). The number of aromatic nitrogens is 2.